The first-order chi connectivity index (χ1) is 10.5. The molecule has 2 aromatic heterocycles. The summed E-state index contributed by atoms with van der Waals surface area (Å²) < 4.78 is 2.12. The van der Waals surface area contributed by atoms with Crippen molar-refractivity contribution in [2.45, 2.75) is 20.0 Å². The highest BCUT2D eigenvalue weighted by Gasteiger charge is 2.12. The van der Waals surface area contributed by atoms with Crippen molar-refractivity contribution < 1.29 is 9.90 Å². The third-order valence-corrected chi connectivity index (χ3v) is 4.36. The molecular weight excluding hydrogens is 298 g/mol. The Hall–Kier alpha value is -2.18. The van der Waals surface area contributed by atoms with E-state index in [9.17, 15) is 4.79 Å². The fourth-order valence-electron chi connectivity index (χ4n) is 2.56. The van der Waals surface area contributed by atoms with E-state index in [0.29, 0.717) is 12.1 Å². The molecule has 2 heterocycles. The number of hydrogen-bond donors (Lipinski definition) is 1. The Morgan fingerprint density at radius 2 is 2.23 bits per heavy atom. The molecule has 22 heavy (non-hydrogen) atoms. The van der Waals surface area contributed by atoms with E-state index in [-0.39, 0.29) is 0 Å². The lowest BCUT2D eigenvalue weighted by Crippen LogP contribution is -2.19. The van der Waals surface area contributed by atoms with Crippen LogP contribution in [0.25, 0.3) is 4.96 Å². The molecule has 114 valence electrons. The number of nitrogens with zero attached hydrogens (tertiary/aromatic N) is 3. The van der Waals surface area contributed by atoms with Crippen molar-refractivity contribution in [2.24, 2.45) is 0 Å². The lowest BCUT2D eigenvalue weighted by Gasteiger charge is -2.17. The number of fused-ring (bicyclic) bond motifs is 1. The number of carboxylic acids is 1. The molecule has 3 aromatic rings. The molecular formula is C16H17N3O2S. The van der Waals surface area contributed by atoms with Gasteiger partial charge < -0.3 is 5.11 Å². The maximum absolute atomic E-state index is 11.0. The van der Waals surface area contributed by atoms with Gasteiger partial charge in [-0.3, -0.25) is 9.30 Å². The molecule has 0 saturated heterocycles. The largest absolute Gasteiger partial charge is 0.478 e. The van der Waals surface area contributed by atoms with Gasteiger partial charge >= 0.3 is 5.97 Å². The molecule has 0 spiro atoms. The van der Waals surface area contributed by atoms with Crippen LogP contribution in [-0.4, -0.2) is 32.4 Å². The molecule has 0 amide bonds. The first-order valence-corrected chi connectivity index (χ1v) is 7.84. The topological polar surface area (TPSA) is 57.8 Å². The van der Waals surface area contributed by atoms with Crippen molar-refractivity contribution in [2.75, 3.05) is 7.05 Å². The molecule has 6 heteroatoms. The fraction of sp³-hybridized carbons (Fsp3) is 0.250. The van der Waals surface area contributed by atoms with Gasteiger partial charge in [-0.05, 0) is 31.7 Å². The number of carboxylic acid groups (broad SMARTS) is 1. The summed E-state index contributed by atoms with van der Waals surface area (Å²) in [5.41, 5.74) is 3.53. The van der Waals surface area contributed by atoms with Crippen molar-refractivity contribution in [3.8, 4) is 0 Å². The molecule has 0 saturated carbocycles. The Bertz CT molecular complexity index is 822. The lowest BCUT2D eigenvalue weighted by atomic mass is 10.1. The number of thiazole rings is 1. The summed E-state index contributed by atoms with van der Waals surface area (Å²) in [4.78, 5) is 18.8. The van der Waals surface area contributed by atoms with Crippen LogP contribution < -0.4 is 0 Å². The number of carbonyl (C=O) groups is 1. The summed E-state index contributed by atoms with van der Waals surface area (Å²) in [7, 11) is 2.03. The van der Waals surface area contributed by atoms with Gasteiger partial charge in [-0.15, -0.1) is 11.3 Å². The standard InChI is InChI=1S/C16H17N3O2S/c1-11-14(19-6-7-22-16(19)17-11)10-18(2)9-12-4-3-5-13(8-12)15(20)21/h3-8H,9-10H2,1-2H3,(H,20,21). The molecule has 0 aliphatic rings. The molecule has 0 atom stereocenters. The second kappa shape index (κ2) is 5.90. The Morgan fingerprint density at radius 1 is 1.41 bits per heavy atom. The van der Waals surface area contributed by atoms with Crippen molar-refractivity contribution in [1.82, 2.24) is 14.3 Å². The SMILES string of the molecule is Cc1nc2sccn2c1CN(C)Cc1cccc(C(=O)O)c1. The van der Waals surface area contributed by atoms with Gasteiger partial charge in [-0.25, -0.2) is 9.78 Å². The zero-order chi connectivity index (χ0) is 15.7. The third kappa shape index (κ3) is 2.88. The van der Waals surface area contributed by atoms with Gasteiger partial charge in [0, 0.05) is 24.7 Å². The molecule has 0 radical (unpaired) electrons. The summed E-state index contributed by atoms with van der Waals surface area (Å²) in [5.74, 6) is -0.892. The van der Waals surface area contributed by atoms with E-state index in [2.05, 4.69) is 14.3 Å². The van der Waals surface area contributed by atoms with Crippen molar-refractivity contribution >= 4 is 22.3 Å². The highest BCUT2D eigenvalue weighted by molar-refractivity contribution is 7.15. The van der Waals surface area contributed by atoms with Crippen LogP contribution in [0.2, 0.25) is 0 Å². The minimum absolute atomic E-state index is 0.326. The Balaban J connectivity index is 1.76. The normalized spacial score (nSPS) is 11.4. The molecule has 0 aliphatic carbocycles. The molecule has 1 N–H and O–H groups in total. The van der Waals surface area contributed by atoms with E-state index in [1.54, 1.807) is 29.5 Å². The monoisotopic (exact) mass is 315 g/mol. The van der Waals surface area contributed by atoms with Gasteiger partial charge in [-0.2, -0.15) is 0 Å². The fourth-order valence-corrected chi connectivity index (χ4v) is 3.34. The summed E-state index contributed by atoms with van der Waals surface area (Å²) in [6.07, 6.45) is 2.04. The first-order valence-electron chi connectivity index (χ1n) is 6.96. The van der Waals surface area contributed by atoms with Gasteiger partial charge in [0.15, 0.2) is 4.96 Å². The van der Waals surface area contributed by atoms with Gasteiger partial charge in [0.2, 0.25) is 0 Å². The molecule has 0 fully saturated rings. The van der Waals surface area contributed by atoms with Crippen LogP contribution in [-0.2, 0) is 13.1 Å². The number of aryl methyl sites for hydroxylation is 1. The van der Waals surface area contributed by atoms with Crippen LogP contribution in [0.5, 0.6) is 0 Å². The van der Waals surface area contributed by atoms with Crippen LogP contribution >= 0.6 is 11.3 Å². The highest BCUT2D eigenvalue weighted by Crippen LogP contribution is 2.19. The van der Waals surface area contributed by atoms with Crippen molar-refractivity contribution in [3.63, 3.8) is 0 Å². The van der Waals surface area contributed by atoms with Crippen LogP contribution in [0.3, 0.4) is 0 Å². The molecule has 1 aromatic carbocycles. The molecule has 3 rings (SSSR count). The molecule has 0 aliphatic heterocycles. The molecule has 0 bridgehead atoms. The second-order valence-corrected chi connectivity index (χ2v) is 6.25. The number of hydrogen-bond acceptors (Lipinski definition) is 4. The van der Waals surface area contributed by atoms with Crippen LogP contribution in [0.4, 0.5) is 0 Å². The minimum atomic E-state index is -0.892. The average molecular weight is 315 g/mol. The van der Waals surface area contributed by atoms with E-state index in [1.807, 2.05) is 31.6 Å². The zero-order valence-electron chi connectivity index (χ0n) is 12.5. The Kier molecular flexibility index (Phi) is 3.96. The highest BCUT2D eigenvalue weighted by atomic mass is 32.1. The van der Waals surface area contributed by atoms with Crippen molar-refractivity contribution in [1.29, 1.82) is 0 Å². The summed E-state index contributed by atoms with van der Waals surface area (Å²) in [6, 6.07) is 7.07. The third-order valence-electron chi connectivity index (χ3n) is 3.61. The molecule has 0 unspecified atom stereocenters. The van der Waals surface area contributed by atoms with Gasteiger partial charge in [0.05, 0.1) is 17.0 Å². The van der Waals surface area contributed by atoms with Gasteiger partial charge in [0.1, 0.15) is 0 Å². The van der Waals surface area contributed by atoms with E-state index in [1.165, 1.54) is 5.69 Å². The Labute approximate surface area is 132 Å². The Morgan fingerprint density at radius 3 is 3.00 bits per heavy atom. The second-order valence-electron chi connectivity index (χ2n) is 5.38. The van der Waals surface area contributed by atoms with Crippen LogP contribution in [0.1, 0.15) is 27.3 Å². The van der Waals surface area contributed by atoms with E-state index >= 15 is 0 Å². The summed E-state index contributed by atoms with van der Waals surface area (Å²) >= 11 is 1.63. The smallest absolute Gasteiger partial charge is 0.335 e. The van der Waals surface area contributed by atoms with E-state index in [0.717, 1.165) is 22.8 Å². The quantitative estimate of drug-likeness (QED) is 0.786. The predicted octanol–water partition coefficient (Wildman–Crippen LogP) is 3.03. The zero-order valence-corrected chi connectivity index (χ0v) is 13.3. The minimum Gasteiger partial charge on any atom is -0.478 e. The van der Waals surface area contributed by atoms with Gasteiger partial charge in [0.25, 0.3) is 0 Å². The van der Waals surface area contributed by atoms with E-state index < -0.39 is 5.97 Å². The summed E-state index contributed by atoms with van der Waals surface area (Å²) in [5, 5.41) is 11.1. The number of rotatable bonds is 5. The van der Waals surface area contributed by atoms with E-state index in [4.69, 9.17) is 5.11 Å². The lowest BCUT2D eigenvalue weighted by molar-refractivity contribution is 0.0696. The predicted molar refractivity (Wildman–Crippen MR) is 86.4 cm³/mol. The maximum Gasteiger partial charge on any atom is 0.335 e. The number of imidazole rings is 1. The van der Waals surface area contributed by atoms with Crippen LogP contribution in [0.15, 0.2) is 35.8 Å². The number of aromatic carboxylic acids is 1. The number of benzene rings is 1. The van der Waals surface area contributed by atoms with Crippen LogP contribution in [0, 0.1) is 6.92 Å². The number of aromatic nitrogens is 2. The molecule has 5 nitrogen and oxygen atoms in total. The maximum atomic E-state index is 11.0. The summed E-state index contributed by atoms with van der Waals surface area (Å²) in [6.45, 7) is 3.48. The van der Waals surface area contributed by atoms with Gasteiger partial charge in [-0.1, -0.05) is 12.1 Å². The average Bonchev–Trinajstić information content (AvgIpc) is 3.02. The van der Waals surface area contributed by atoms with Crippen molar-refractivity contribution in [3.05, 3.63) is 58.4 Å². The first kappa shape index (κ1) is 14.7.